The van der Waals surface area contributed by atoms with Crippen LogP contribution < -0.4 is 10.9 Å². The van der Waals surface area contributed by atoms with Gasteiger partial charge in [0.25, 0.3) is 5.56 Å². The van der Waals surface area contributed by atoms with E-state index in [-0.39, 0.29) is 22.8 Å². The van der Waals surface area contributed by atoms with Crippen molar-refractivity contribution in [2.75, 3.05) is 5.75 Å². The topological polar surface area (TPSA) is 64.0 Å². The minimum atomic E-state index is -0.0929. The highest BCUT2D eigenvalue weighted by Gasteiger charge is 2.51. The summed E-state index contributed by atoms with van der Waals surface area (Å²) in [5, 5.41) is 6.70. The predicted octanol–water partition coefficient (Wildman–Crippen LogP) is 6.91. The number of nitrogens with one attached hydrogen (secondary N) is 1. The largest absolute Gasteiger partial charge is 0.350 e. The molecule has 5 nitrogen and oxygen atoms in total. The van der Waals surface area contributed by atoms with Gasteiger partial charge < -0.3 is 5.32 Å². The smallest absolute Gasteiger partial charge is 0.268 e. The molecule has 4 saturated carbocycles. The molecule has 4 fully saturated rings. The Morgan fingerprint density at radius 2 is 1.72 bits per heavy atom. The van der Waals surface area contributed by atoms with Crippen molar-refractivity contribution in [3.8, 4) is 16.8 Å². The van der Waals surface area contributed by atoms with Crippen LogP contribution in [0.25, 0.3) is 27.0 Å². The molecule has 0 atom stereocenters. The lowest BCUT2D eigenvalue weighted by atomic mass is 9.53. The number of carbonyl (C=O) groups is 1. The van der Waals surface area contributed by atoms with E-state index < -0.39 is 0 Å². The number of amides is 1. The number of benzene rings is 2. The number of thioether (sulfide) groups is 1. The molecule has 2 aromatic heterocycles. The molecular formula is C32H33N3O2S2. The maximum atomic E-state index is 14.1. The number of rotatable bonds is 6. The van der Waals surface area contributed by atoms with Crippen molar-refractivity contribution in [1.29, 1.82) is 0 Å². The van der Waals surface area contributed by atoms with Crippen molar-refractivity contribution in [3.63, 3.8) is 0 Å². The molecule has 0 spiro atoms. The Labute approximate surface area is 237 Å². The molecule has 1 N–H and O–H groups in total. The van der Waals surface area contributed by atoms with Crippen molar-refractivity contribution in [3.05, 3.63) is 75.4 Å². The molecule has 200 valence electrons. The second-order valence-electron chi connectivity index (χ2n) is 12.0. The molecule has 4 bridgehead atoms. The Hall–Kier alpha value is -2.90. The van der Waals surface area contributed by atoms with Crippen LogP contribution in [0.15, 0.2) is 63.9 Å². The van der Waals surface area contributed by atoms with E-state index >= 15 is 0 Å². The van der Waals surface area contributed by atoms with Crippen LogP contribution in [0.5, 0.6) is 0 Å². The van der Waals surface area contributed by atoms with Gasteiger partial charge in [0.05, 0.1) is 16.8 Å². The average Bonchev–Trinajstić information content (AvgIpc) is 3.33. The van der Waals surface area contributed by atoms with Crippen LogP contribution in [0.1, 0.15) is 49.7 Å². The number of aryl methyl sites for hydroxylation is 2. The summed E-state index contributed by atoms with van der Waals surface area (Å²) in [6.45, 7) is 4.19. The van der Waals surface area contributed by atoms with E-state index in [1.54, 1.807) is 4.57 Å². The lowest BCUT2D eigenvalue weighted by molar-refractivity contribution is -0.124. The summed E-state index contributed by atoms with van der Waals surface area (Å²) in [7, 11) is 0. The number of carbonyl (C=O) groups excluding carboxylic acids is 1. The first-order valence-corrected chi connectivity index (χ1v) is 15.9. The van der Waals surface area contributed by atoms with E-state index in [0.717, 1.165) is 53.8 Å². The lowest BCUT2D eigenvalue weighted by Crippen LogP contribution is -2.60. The van der Waals surface area contributed by atoms with Gasteiger partial charge in [-0.15, -0.1) is 11.3 Å². The zero-order valence-electron chi connectivity index (χ0n) is 22.4. The molecule has 4 aliphatic carbocycles. The van der Waals surface area contributed by atoms with Gasteiger partial charge in [0.1, 0.15) is 4.83 Å². The van der Waals surface area contributed by atoms with E-state index in [1.165, 1.54) is 53.5 Å². The molecular weight excluding hydrogens is 523 g/mol. The van der Waals surface area contributed by atoms with Crippen molar-refractivity contribution in [1.82, 2.24) is 14.9 Å². The number of thiophene rings is 1. The van der Waals surface area contributed by atoms with Crippen molar-refractivity contribution in [2.24, 2.45) is 17.8 Å². The van der Waals surface area contributed by atoms with Crippen LogP contribution in [-0.4, -0.2) is 26.8 Å². The monoisotopic (exact) mass is 555 g/mol. The first-order chi connectivity index (χ1) is 18.9. The normalized spacial score (nSPS) is 25.3. The highest BCUT2D eigenvalue weighted by Crippen LogP contribution is 2.55. The zero-order chi connectivity index (χ0) is 26.7. The molecule has 1 amide bonds. The third kappa shape index (κ3) is 4.53. The Balaban J connectivity index is 1.21. The van der Waals surface area contributed by atoms with Gasteiger partial charge >= 0.3 is 0 Å². The summed E-state index contributed by atoms with van der Waals surface area (Å²) >= 11 is 2.85. The molecule has 8 rings (SSSR count). The summed E-state index contributed by atoms with van der Waals surface area (Å²) in [6.07, 6.45) is 7.44. The summed E-state index contributed by atoms with van der Waals surface area (Å²) in [5.41, 5.74) is 5.01. The van der Waals surface area contributed by atoms with Gasteiger partial charge in [-0.05, 0) is 98.9 Å². The molecule has 4 aromatic rings. The SMILES string of the molecule is Cc1ccc(-c2csc3nc(SCC(=O)NC45CC6CC(CC(C6)C4)C5)n(-c4ccccc4)c(=O)c23)cc1C. The van der Waals surface area contributed by atoms with Crippen LogP contribution in [0.3, 0.4) is 0 Å². The van der Waals surface area contributed by atoms with Crippen LogP contribution in [0.2, 0.25) is 0 Å². The average molecular weight is 556 g/mol. The highest BCUT2D eigenvalue weighted by molar-refractivity contribution is 7.99. The molecule has 39 heavy (non-hydrogen) atoms. The maximum absolute atomic E-state index is 14.1. The van der Waals surface area contributed by atoms with Gasteiger partial charge in [-0.25, -0.2) is 4.98 Å². The number of nitrogens with zero attached hydrogens (tertiary/aromatic N) is 2. The standard InChI is InChI=1S/C32H33N3O2S2/c1-19-8-9-24(10-20(19)2)26-17-38-29-28(26)30(37)35(25-6-4-3-5-7-25)31(33-29)39-18-27(36)34-32-14-21-11-22(15-32)13-23(12-21)16-32/h3-10,17,21-23H,11-16,18H2,1-2H3,(H,34,36). The molecule has 2 aromatic carbocycles. The molecule has 7 heteroatoms. The third-order valence-corrected chi connectivity index (χ3v) is 11.0. The molecule has 0 radical (unpaired) electrons. The Bertz CT molecular complexity index is 1600. The van der Waals surface area contributed by atoms with Gasteiger partial charge in [0.2, 0.25) is 5.91 Å². The van der Waals surface area contributed by atoms with Crippen molar-refractivity contribution in [2.45, 2.75) is 63.1 Å². The number of aromatic nitrogens is 2. The summed E-state index contributed by atoms with van der Waals surface area (Å²) in [6, 6.07) is 16.0. The first kappa shape index (κ1) is 25.1. The van der Waals surface area contributed by atoms with E-state index in [1.807, 2.05) is 35.7 Å². The van der Waals surface area contributed by atoms with Crippen LogP contribution in [-0.2, 0) is 4.79 Å². The first-order valence-electron chi connectivity index (χ1n) is 14.0. The van der Waals surface area contributed by atoms with Crippen LogP contribution in [0.4, 0.5) is 0 Å². The Morgan fingerprint density at radius 3 is 2.38 bits per heavy atom. The number of fused-ring (bicyclic) bond motifs is 1. The maximum Gasteiger partial charge on any atom is 0.268 e. The summed E-state index contributed by atoms with van der Waals surface area (Å²) < 4.78 is 1.68. The number of hydrogen-bond acceptors (Lipinski definition) is 5. The quantitative estimate of drug-likeness (QED) is 0.207. The minimum absolute atomic E-state index is 0.0162. The van der Waals surface area contributed by atoms with Gasteiger partial charge in [0, 0.05) is 16.5 Å². The van der Waals surface area contributed by atoms with Crippen LogP contribution >= 0.6 is 23.1 Å². The summed E-state index contributed by atoms with van der Waals surface area (Å²) in [5.74, 6) is 2.64. The van der Waals surface area contributed by atoms with Crippen LogP contribution in [0, 0.1) is 31.6 Å². The fourth-order valence-electron chi connectivity index (χ4n) is 7.72. The fraction of sp³-hybridized carbons (Fsp3) is 0.406. The van der Waals surface area contributed by atoms with E-state index in [4.69, 9.17) is 4.98 Å². The van der Waals surface area contributed by atoms with E-state index in [2.05, 4.69) is 37.4 Å². The second kappa shape index (κ2) is 9.63. The number of para-hydroxylation sites is 1. The van der Waals surface area contributed by atoms with Gasteiger partial charge in [0.15, 0.2) is 5.16 Å². The lowest BCUT2D eigenvalue weighted by Gasteiger charge is -2.56. The molecule has 0 aliphatic heterocycles. The minimum Gasteiger partial charge on any atom is -0.350 e. The zero-order valence-corrected chi connectivity index (χ0v) is 24.0. The van der Waals surface area contributed by atoms with Gasteiger partial charge in [-0.2, -0.15) is 0 Å². The molecule has 0 saturated heterocycles. The van der Waals surface area contributed by atoms with Gasteiger partial charge in [-0.3, -0.25) is 14.2 Å². The van der Waals surface area contributed by atoms with E-state index in [0.29, 0.717) is 15.4 Å². The van der Waals surface area contributed by atoms with E-state index in [9.17, 15) is 9.59 Å². The van der Waals surface area contributed by atoms with Gasteiger partial charge in [-0.1, -0.05) is 48.2 Å². The number of hydrogen-bond donors (Lipinski definition) is 1. The predicted molar refractivity (Wildman–Crippen MR) is 160 cm³/mol. The highest BCUT2D eigenvalue weighted by atomic mass is 32.2. The summed E-state index contributed by atoms with van der Waals surface area (Å²) in [4.78, 5) is 33.1. The Morgan fingerprint density at radius 1 is 1.03 bits per heavy atom. The third-order valence-electron chi connectivity index (χ3n) is 9.18. The Kier molecular flexibility index (Phi) is 6.20. The van der Waals surface area contributed by atoms with Crippen molar-refractivity contribution >= 4 is 39.2 Å². The fourth-order valence-corrected chi connectivity index (χ4v) is 9.52. The van der Waals surface area contributed by atoms with Crippen molar-refractivity contribution < 1.29 is 4.79 Å². The molecule has 4 aliphatic rings. The molecule has 2 heterocycles. The second-order valence-corrected chi connectivity index (χ2v) is 13.8. The molecule has 0 unspecified atom stereocenters.